The molecule has 0 saturated heterocycles. The Bertz CT molecular complexity index is 264. The molecule has 5 heteroatoms. The molecule has 16 heavy (non-hydrogen) atoms. The van der Waals surface area contributed by atoms with Crippen molar-refractivity contribution in [2.75, 3.05) is 27.7 Å². The molecule has 0 aliphatic heterocycles. The summed E-state index contributed by atoms with van der Waals surface area (Å²) in [6.45, 7) is 5.70. The van der Waals surface area contributed by atoms with Crippen molar-refractivity contribution in [3.05, 3.63) is 0 Å². The Morgan fingerprint density at radius 3 is 2.31 bits per heavy atom. The van der Waals surface area contributed by atoms with E-state index in [1.807, 2.05) is 0 Å². The average molecular weight is 230 g/mol. The van der Waals surface area contributed by atoms with Crippen molar-refractivity contribution in [2.45, 2.75) is 26.3 Å². The van der Waals surface area contributed by atoms with E-state index >= 15 is 0 Å². The van der Waals surface area contributed by atoms with Crippen LogP contribution >= 0.6 is 0 Å². The van der Waals surface area contributed by atoms with Gasteiger partial charge < -0.3 is 15.0 Å². The van der Waals surface area contributed by atoms with Gasteiger partial charge in [-0.2, -0.15) is 0 Å². The quantitative estimate of drug-likeness (QED) is 0.688. The molecule has 0 heterocycles. The van der Waals surface area contributed by atoms with Crippen LogP contribution in [0.5, 0.6) is 0 Å². The van der Waals surface area contributed by atoms with E-state index in [2.05, 4.69) is 10.1 Å². The minimum atomic E-state index is -0.620. The van der Waals surface area contributed by atoms with E-state index in [0.717, 1.165) is 0 Å². The molecule has 1 amide bonds. The third kappa shape index (κ3) is 3.81. The fourth-order valence-electron chi connectivity index (χ4n) is 1.35. The molecule has 0 aliphatic rings. The highest BCUT2D eigenvalue weighted by atomic mass is 16.5. The molecule has 0 saturated carbocycles. The second kappa shape index (κ2) is 5.84. The fourth-order valence-corrected chi connectivity index (χ4v) is 1.35. The molecule has 0 aromatic heterocycles. The summed E-state index contributed by atoms with van der Waals surface area (Å²) in [6.07, 6.45) is 0. The Kier molecular flexibility index (Phi) is 5.44. The molecular weight excluding hydrogens is 208 g/mol. The van der Waals surface area contributed by atoms with E-state index in [-0.39, 0.29) is 17.8 Å². The maximum atomic E-state index is 12.0. The van der Waals surface area contributed by atoms with Crippen LogP contribution in [0.25, 0.3) is 0 Å². The molecule has 1 atom stereocenters. The van der Waals surface area contributed by atoms with Gasteiger partial charge in [0.2, 0.25) is 5.91 Å². The van der Waals surface area contributed by atoms with E-state index in [9.17, 15) is 9.59 Å². The number of hydrogen-bond donors (Lipinski definition) is 1. The van der Waals surface area contributed by atoms with Crippen LogP contribution in [0.2, 0.25) is 0 Å². The monoisotopic (exact) mass is 230 g/mol. The van der Waals surface area contributed by atoms with Crippen LogP contribution in [0.3, 0.4) is 0 Å². The number of carbonyl (C=O) groups excluding carboxylic acids is 2. The SMILES string of the molecule is CNC(C)(C)C(=O)N(C)CC(C)C(=O)OC. The minimum Gasteiger partial charge on any atom is -0.469 e. The number of rotatable bonds is 5. The summed E-state index contributed by atoms with van der Waals surface area (Å²) in [6, 6.07) is 0. The molecule has 5 nitrogen and oxygen atoms in total. The highest BCUT2D eigenvalue weighted by molar-refractivity contribution is 5.85. The van der Waals surface area contributed by atoms with Crippen molar-refractivity contribution < 1.29 is 14.3 Å². The van der Waals surface area contributed by atoms with Crippen LogP contribution in [0.15, 0.2) is 0 Å². The van der Waals surface area contributed by atoms with Crippen LogP contribution in [0, 0.1) is 5.92 Å². The summed E-state index contributed by atoms with van der Waals surface area (Å²) in [4.78, 5) is 24.7. The zero-order valence-electron chi connectivity index (χ0n) is 11.0. The number of hydrogen-bond acceptors (Lipinski definition) is 4. The first-order valence-corrected chi connectivity index (χ1v) is 5.28. The Labute approximate surface area is 97.1 Å². The van der Waals surface area contributed by atoms with Gasteiger partial charge in [-0.25, -0.2) is 0 Å². The van der Waals surface area contributed by atoms with E-state index in [0.29, 0.717) is 6.54 Å². The van der Waals surface area contributed by atoms with Gasteiger partial charge >= 0.3 is 5.97 Å². The predicted molar refractivity (Wildman–Crippen MR) is 62.0 cm³/mol. The lowest BCUT2D eigenvalue weighted by atomic mass is 10.0. The van der Waals surface area contributed by atoms with Gasteiger partial charge in [0, 0.05) is 13.6 Å². The summed E-state index contributed by atoms with van der Waals surface area (Å²) in [7, 11) is 4.76. The van der Waals surface area contributed by atoms with Crippen molar-refractivity contribution in [1.82, 2.24) is 10.2 Å². The summed E-state index contributed by atoms with van der Waals surface area (Å²) in [5.74, 6) is -0.667. The third-order valence-corrected chi connectivity index (χ3v) is 2.66. The molecule has 0 fully saturated rings. The number of likely N-dealkylation sites (N-methyl/N-ethyl adjacent to an activating group) is 2. The number of methoxy groups -OCH3 is 1. The second-order valence-corrected chi connectivity index (χ2v) is 4.48. The lowest BCUT2D eigenvalue weighted by molar-refractivity contribution is -0.146. The molecule has 0 aromatic carbocycles. The number of nitrogens with zero attached hydrogens (tertiary/aromatic N) is 1. The summed E-state index contributed by atoms with van der Waals surface area (Å²) >= 11 is 0. The lowest BCUT2D eigenvalue weighted by Crippen LogP contribution is -2.52. The van der Waals surface area contributed by atoms with Gasteiger partial charge in [-0.3, -0.25) is 9.59 Å². The number of carbonyl (C=O) groups is 2. The molecule has 0 aliphatic carbocycles. The first kappa shape index (κ1) is 14.9. The van der Waals surface area contributed by atoms with Gasteiger partial charge in [0.15, 0.2) is 0 Å². The highest BCUT2D eigenvalue weighted by Gasteiger charge is 2.30. The molecule has 0 spiro atoms. The maximum Gasteiger partial charge on any atom is 0.310 e. The fraction of sp³-hybridized carbons (Fsp3) is 0.818. The van der Waals surface area contributed by atoms with E-state index in [1.54, 1.807) is 34.9 Å². The van der Waals surface area contributed by atoms with Crippen molar-refractivity contribution in [3.8, 4) is 0 Å². The van der Waals surface area contributed by atoms with Crippen LogP contribution in [0.4, 0.5) is 0 Å². The average Bonchev–Trinajstić information content (AvgIpc) is 2.26. The zero-order chi connectivity index (χ0) is 12.9. The molecule has 0 bridgehead atoms. The van der Waals surface area contributed by atoms with E-state index < -0.39 is 5.54 Å². The Morgan fingerprint density at radius 2 is 1.94 bits per heavy atom. The minimum absolute atomic E-state index is 0.0502. The number of esters is 1. The van der Waals surface area contributed by atoms with Crippen molar-refractivity contribution >= 4 is 11.9 Å². The van der Waals surface area contributed by atoms with Crippen molar-refractivity contribution in [3.63, 3.8) is 0 Å². The third-order valence-electron chi connectivity index (χ3n) is 2.66. The summed E-state index contributed by atoms with van der Waals surface area (Å²) in [5.41, 5.74) is -0.620. The molecule has 1 N–H and O–H groups in total. The highest BCUT2D eigenvalue weighted by Crippen LogP contribution is 2.08. The topological polar surface area (TPSA) is 58.6 Å². The maximum absolute atomic E-state index is 12.0. The molecule has 0 radical (unpaired) electrons. The van der Waals surface area contributed by atoms with Crippen LogP contribution < -0.4 is 5.32 Å². The molecule has 0 rings (SSSR count). The van der Waals surface area contributed by atoms with Crippen molar-refractivity contribution in [2.24, 2.45) is 5.92 Å². The molecule has 0 aromatic rings. The summed E-state index contributed by atoms with van der Waals surface area (Å²) in [5, 5.41) is 2.93. The number of amides is 1. The largest absolute Gasteiger partial charge is 0.469 e. The lowest BCUT2D eigenvalue weighted by Gasteiger charge is -2.30. The van der Waals surface area contributed by atoms with Crippen LogP contribution in [-0.2, 0) is 14.3 Å². The molecule has 94 valence electrons. The van der Waals surface area contributed by atoms with Gasteiger partial charge in [-0.1, -0.05) is 6.92 Å². The zero-order valence-corrected chi connectivity index (χ0v) is 11.0. The molecular formula is C11H22N2O3. The standard InChI is InChI=1S/C11H22N2O3/c1-8(9(14)16-6)7-13(5)10(15)11(2,3)12-4/h8,12H,7H2,1-6H3. The van der Waals surface area contributed by atoms with E-state index in [1.165, 1.54) is 12.0 Å². The van der Waals surface area contributed by atoms with Crippen LogP contribution in [-0.4, -0.2) is 50.1 Å². The molecule has 1 unspecified atom stereocenters. The first-order chi connectivity index (χ1) is 7.26. The van der Waals surface area contributed by atoms with E-state index in [4.69, 9.17) is 0 Å². The second-order valence-electron chi connectivity index (χ2n) is 4.48. The van der Waals surface area contributed by atoms with Gasteiger partial charge in [0.25, 0.3) is 0 Å². The Morgan fingerprint density at radius 1 is 1.44 bits per heavy atom. The van der Waals surface area contributed by atoms with Gasteiger partial charge in [0.05, 0.1) is 18.6 Å². The smallest absolute Gasteiger partial charge is 0.310 e. The van der Waals surface area contributed by atoms with Crippen molar-refractivity contribution in [1.29, 1.82) is 0 Å². The Balaban J connectivity index is 4.42. The predicted octanol–water partition coefficient (Wildman–Crippen LogP) is 0.252. The van der Waals surface area contributed by atoms with Gasteiger partial charge in [-0.05, 0) is 20.9 Å². The van der Waals surface area contributed by atoms with Gasteiger partial charge in [-0.15, -0.1) is 0 Å². The van der Waals surface area contributed by atoms with Gasteiger partial charge in [0.1, 0.15) is 0 Å². The first-order valence-electron chi connectivity index (χ1n) is 5.28. The number of nitrogens with one attached hydrogen (secondary N) is 1. The Hall–Kier alpha value is -1.10. The normalized spacial score (nSPS) is 13.1. The number of ether oxygens (including phenoxy) is 1. The van der Waals surface area contributed by atoms with Crippen LogP contribution in [0.1, 0.15) is 20.8 Å². The summed E-state index contributed by atoms with van der Waals surface area (Å²) < 4.78 is 4.61.